The molecule has 0 bridgehead atoms. The predicted octanol–water partition coefficient (Wildman–Crippen LogP) is 4.92. The van der Waals surface area contributed by atoms with Gasteiger partial charge in [-0.3, -0.25) is 9.59 Å². The third-order valence-electron chi connectivity index (χ3n) is 5.46. The van der Waals surface area contributed by atoms with Gasteiger partial charge in [-0.1, -0.05) is 55.0 Å². The molecule has 0 radical (unpaired) electrons. The van der Waals surface area contributed by atoms with Crippen LogP contribution in [-0.4, -0.2) is 28.1 Å². The van der Waals surface area contributed by atoms with Crippen LogP contribution in [0.25, 0.3) is 16.9 Å². The number of aryl methyl sites for hydroxylation is 2. The molecule has 0 aliphatic rings. The van der Waals surface area contributed by atoms with Crippen molar-refractivity contribution >= 4 is 17.5 Å². The minimum absolute atomic E-state index is 0.189. The second kappa shape index (κ2) is 10.1. The SMILES string of the molecule is CCc1ccccc1NC(=O)CNC(=O)c1cn(-c2ccc(F)cc2)nc1-c1ccc(C)cc1. The fraction of sp³-hybridized carbons (Fsp3) is 0.148. The van der Waals surface area contributed by atoms with Crippen molar-refractivity contribution < 1.29 is 14.0 Å². The number of anilines is 1. The lowest BCUT2D eigenvalue weighted by atomic mass is 10.1. The van der Waals surface area contributed by atoms with Crippen molar-refractivity contribution in [3.8, 4) is 16.9 Å². The molecule has 7 heteroatoms. The maximum Gasteiger partial charge on any atom is 0.255 e. The quantitative estimate of drug-likeness (QED) is 0.415. The van der Waals surface area contributed by atoms with Crippen molar-refractivity contribution in [2.24, 2.45) is 0 Å². The van der Waals surface area contributed by atoms with Gasteiger partial charge in [0.1, 0.15) is 11.5 Å². The van der Waals surface area contributed by atoms with E-state index in [1.54, 1.807) is 18.3 Å². The average molecular weight is 457 g/mol. The Morgan fingerprint density at radius 2 is 1.68 bits per heavy atom. The van der Waals surface area contributed by atoms with Crippen molar-refractivity contribution in [2.45, 2.75) is 20.3 Å². The van der Waals surface area contributed by atoms with E-state index in [4.69, 9.17) is 0 Å². The number of nitrogens with zero attached hydrogens (tertiary/aromatic N) is 2. The van der Waals surface area contributed by atoms with Gasteiger partial charge in [-0.05, 0) is 49.2 Å². The second-order valence-corrected chi connectivity index (χ2v) is 7.92. The summed E-state index contributed by atoms with van der Waals surface area (Å²) < 4.78 is 14.9. The Kier molecular flexibility index (Phi) is 6.82. The molecule has 2 amide bonds. The van der Waals surface area contributed by atoms with Crippen LogP contribution in [0, 0.1) is 12.7 Å². The minimum Gasteiger partial charge on any atom is -0.343 e. The smallest absolute Gasteiger partial charge is 0.255 e. The van der Waals surface area contributed by atoms with Crippen molar-refractivity contribution in [1.29, 1.82) is 0 Å². The molecular weight excluding hydrogens is 431 g/mol. The van der Waals surface area contributed by atoms with E-state index in [-0.39, 0.29) is 18.3 Å². The van der Waals surface area contributed by atoms with Crippen LogP contribution in [0.15, 0.2) is 79.0 Å². The highest BCUT2D eigenvalue weighted by Gasteiger charge is 2.19. The number of hydrogen-bond acceptors (Lipinski definition) is 3. The van der Waals surface area contributed by atoms with Gasteiger partial charge in [0.2, 0.25) is 5.91 Å². The van der Waals surface area contributed by atoms with E-state index in [1.807, 2.05) is 62.4 Å². The molecule has 2 N–H and O–H groups in total. The van der Waals surface area contributed by atoms with Crippen LogP contribution in [0.4, 0.5) is 10.1 Å². The topological polar surface area (TPSA) is 76.0 Å². The van der Waals surface area contributed by atoms with Gasteiger partial charge in [0.05, 0.1) is 17.8 Å². The monoisotopic (exact) mass is 456 g/mol. The Hall–Kier alpha value is -4.26. The molecule has 1 aromatic heterocycles. The maximum absolute atomic E-state index is 13.4. The molecule has 4 rings (SSSR count). The highest BCUT2D eigenvalue weighted by molar-refractivity contribution is 6.03. The summed E-state index contributed by atoms with van der Waals surface area (Å²) in [4.78, 5) is 25.6. The number of nitrogens with one attached hydrogen (secondary N) is 2. The molecule has 4 aromatic rings. The first kappa shape index (κ1) is 22.9. The number of halogens is 1. The van der Waals surface area contributed by atoms with Gasteiger partial charge in [-0.15, -0.1) is 0 Å². The first-order valence-electron chi connectivity index (χ1n) is 11.0. The molecule has 0 aliphatic carbocycles. The highest BCUT2D eigenvalue weighted by atomic mass is 19.1. The standard InChI is InChI=1S/C27H25FN4O2/c1-3-19-6-4-5-7-24(19)30-25(33)16-29-27(34)23-17-32(22-14-12-21(28)13-15-22)31-26(23)20-10-8-18(2)9-11-20/h4-15,17H,3,16H2,1-2H3,(H,29,34)(H,30,33). The number of rotatable bonds is 7. The highest BCUT2D eigenvalue weighted by Crippen LogP contribution is 2.24. The van der Waals surface area contributed by atoms with E-state index in [0.717, 1.165) is 28.8 Å². The maximum atomic E-state index is 13.4. The molecule has 0 saturated heterocycles. The van der Waals surface area contributed by atoms with Gasteiger partial charge >= 0.3 is 0 Å². The molecule has 0 aliphatic heterocycles. The zero-order valence-electron chi connectivity index (χ0n) is 19.0. The number of carbonyl (C=O) groups is 2. The van der Waals surface area contributed by atoms with Crippen LogP contribution >= 0.6 is 0 Å². The van der Waals surface area contributed by atoms with E-state index in [9.17, 15) is 14.0 Å². The van der Waals surface area contributed by atoms with Gasteiger partial charge in [0.15, 0.2) is 0 Å². The lowest BCUT2D eigenvalue weighted by molar-refractivity contribution is -0.115. The molecule has 3 aromatic carbocycles. The molecule has 6 nitrogen and oxygen atoms in total. The van der Waals surface area contributed by atoms with Gasteiger partial charge in [-0.25, -0.2) is 9.07 Å². The summed E-state index contributed by atoms with van der Waals surface area (Å²) in [6, 6.07) is 21.0. The first-order valence-corrected chi connectivity index (χ1v) is 11.0. The van der Waals surface area contributed by atoms with Crippen LogP contribution in [0.1, 0.15) is 28.4 Å². The molecule has 0 fully saturated rings. The number of para-hydroxylation sites is 1. The van der Waals surface area contributed by atoms with Gasteiger partial charge < -0.3 is 10.6 Å². The first-order chi connectivity index (χ1) is 16.4. The van der Waals surface area contributed by atoms with E-state index >= 15 is 0 Å². The molecular formula is C27H25FN4O2. The Balaban J connectivity index is 1.56. The molecule has 0 spiro atoms. The third kappa shape index (κ3) is 5.20. The zero-order chi connectivity index (χ0) is 24.1. The number of benzene rings is 3. The van der Waals surface area contributed by atoms with Crippen LogP contribution in [-0.2, 0) is 11.2 Å². The van der Waals surface area contributed by atoms with E-state index in [2.05, 4.69) is 15.7 Å². The fourth-order valence-corrected chi connectivity index (χ4v) is 3.59. The minimum atomic E-state index is -0.428. The Labute approximate surface area is 197 Å². The van der Waals surface area contributed by atoms with Crippen LogP contribution in [0.3, 0.4) is 0 Å². The van der Waals surface area contributed by atoms with Gasteiger partial charge in [-0.2, -0.15) is 5.10 Å². The van der Waals surface area contributed by atoms with Crippen LogP contribution in [0.5, 0.6) is 0 Å². The van der Waals surface area contributed by atoms with Gasteiger partial charge in [0, 0.05) is 17.4 Å². The molecule has 34 heavy (non-hydrogen) atoms. The summed E-state index contributed by atoms with van der Waals surface area (Å²) in [7, 11) is 0. The normalized spacial score (nSPS) is 10.7. The zero-order valence-corrected chi connectivity index (χ0v) is 19.0. The number of amides is 2. The van der Waals surface area contributed by atoms with Crippen LogP contribution < -0.4 is 10.6 Å². The van der Waals surface area contributed by atoms with E-state index in [0.29, 0.717) is 16.9 Å². The Morgan fingerprint density at radius 1 is 0.971 bits per heavy atom. The summed E-state index contributed by atoms with van der Waals surface area (Å²) in [5, 5.41) is 10.1. The molecule has 1 heterocycles. The molecule has 0 saturated carbocycles. The van der Waals surface area contributed by atoms with Crippen LogP contribution in [0.2, 0.25) is 0 Å². The molecule has 0 unspecified atom stereocenters. The summed E-state index contributed by atoms with van der Waals surface area (Å²) in [6.45, 7) is 3.80. The second-order valence-electron chi connectivity index (χ2n) is 7.92. The summed E-state index contributed by atoms with van der Waals surface area (Å²) >= 11 is 0. The van der Waals surface area contributed by atoms with Crippen molar-refractivity contribution in [2.75, 3.05) is 11.9 Å². The molecule has 0 atom stereocenters. The lowest BCUT2D eigenvalue weighted by Crippen LogP contribution is -2.33. The molecule has 172 valence electrons. The van der Waals surface area contributed by atoms with Crippen molar-refractivity contribution in [3.05, 3.63) is 102 Å². The van der Waals surface area contributed by atoms with Crippen molar-refractivity contribution in [1.82, 2.24) is 15.1 Å². The largest absolute Gasteiger partial charge is 0.343 e. The van der Waals surface area contributed by atoms with Crippen molar-refractivity contribution in [3.63, 3.8) is 0 Å². The number of hydrogen-bond donors (Lipinski definition) is 2. The fourth-order valence-electron chi connectivity index (χ4n) is 3.59. The third-order valence-corrected chi connectivity index (χ3v) is 5.46. The van der Waals surface area contributed by atoms with E-state index < -0.39 is 5.91 Å². The summed E-state index contributed by atoms with van der Waals surface area (Å²) in [5.41, 5.74) is 4.99. The number of carbonyl (C=O) groups excluding carboxylic acids is 2. The Bertz CT molecular complexity index is 1310. The summed E-state index contributed by atoms with van der Waals surface area (Å²) in [5.74, 6) is -1.11. The number of aromatic nitrogens is 2. The van der Waals surface area contributed by atoms with Gasteiger partial charge in [0.25, 0.3) is 5.91 Å². The Morgan fingerprint density at radius 3 is 2.38 bits per heavy atom. The van der Waals surface area contributed by atoms with E-state index in [1.165, 1.54) is 16.8 Å². The average Bonchev–Trinajstić information content (AvgIpc) is 3.29. The lowest BCUT2D eigenvalue weighted by Gasteiger charge is -2.10. The predicted molar refractivity (Wildman–Crippen MR) is 130 cm³/mol. The summed E-state index contributed by atoms with van der Waals surface area (Å²) in [6.07, 6.45) is 2.37.